The Morgan fingerprint density at radius 1 is 1.11 bits per heavy atom. The van der Waals surface area contributed by atoms with Gasteiger partial charge < -0.3 is 10.7 Å². The number of imidazole rings is 1. The van der Waals surface area contributed by atoms with Gasteiger partial charge >= 0.3 is 5.69 Å². The summed E-state index contributed by atoms with van der Waals surface area (Å²) in [7, 11) is 0. The summed E-state index contributed by atoms with van der Waals surface area (Å²) in [6.45, 7) is 0. The van der Waals surface area contributed by atoms with Gasteiger partial charge in [-0.3, -0.25) is 14.8 Å². The van der Waals surface area contributed by atoms with Crippen molar-refractivity contribution >= 4 is 11.2 Å². The van der Waals surface area contributed by atoms with E-state index >= 15 is 0 Å². The van der Waals surface area contributed by atoms with Crippen molar-refractivity contribution in [1.29, 1.82) is 0 Å². The molecule has 0 spiro atoms. The van der Waals surface area contributed by atoms with Crippen molar-refractivity contribution in [3.63, 3.8) is 0 Å². The molecule has 7 nitrogen and oxygen atoms in total. The van der Waals surface area contributed by atoms with E-state index in [1.807, 2.05) is 0 Å². The van der Waals surface area contributed by atoms with Crippen LogP contribution in [0, 0.1) is 0 Å². The van der Waals surface area contributed by atoms with E-state index < -0.39 is 11.2 Å². The number of H-pyrrole nitrogens is 3. The van der Waals surface area contributed by atoms with Gasteiger partial charge in [-0.2, -0.15) is 0 Å². The zero-order chi connectivity index (χ0) is 13.5. The molecule has 2 heterocycles. The predicted octanol–water partition coefficient (Wildman–Crippen LogP) is 0.144. The van der Waals surface area contributed by atoms with Crippen molar-refractivity contribution < 1.29 is 0 Å². The van der Waals surface area contributed by atoms with E-state index in [4.69, 9.17) is 5.73 Å². The minimum atomic E-state index is -0.546. The summed E-state index contributed by atoms with van der Waals surface area (Å²) in [5.74, 6) is 0.659. The van der Waals surface area contributed by atoms with Gasteiger partial charge in [0.05, 0.1) is 0 Å². The molecule has 5 N–H and O–H groups in total. The first-order chi connectivity index (χ1) is 9.06. The lowest BCUT2D eigenvalue weighted by molar-refractivity contribution is 0.290. The third-order valence-corrected chi connectivity index (χ3v) is 3.81. The van der Waals surface area contributed by atoms with Crippen LogP contribution in [0.15, 0.2) is 9.59 Å². The van der Waals surface area contributed by atoms with Crippen LogP contribution in [0.5, 0.6) is 0 Å². The largest absolute Gasteiger partial charge is 0.336 e. The SMILES string of the molecule is NC1(Cc2nc3[nH]c(=O)[nH]c(=O)c3[nH]2)CCCCC1. The highest BCUT2D eigenvalue weighted by atomic mass is 16.2. The molecule has 0 bridgehead atoms. The fourth-order valence-electron chi connectivity index (χ4n) is 2.83. The van der Waals surface area contributed by atoms with Crippen LogP contribution in [-0.2, 0) is 6.42 Å². The van der Waals surface area contributed by atoms with Crippen LogP contribution in [0.2, 0.25) is 0 Å². The summed E-state index contributed by atoms with van der Waals surface area (Å²) >= 11 is 0. The van der Waals surface area contributed by atoms with Crippen molar-refractivity contribution in [2.45, 2.75) is 44.1 Å². The molecular formula is C12H17N5O2. The summed E-state index contributed by atoms with van der Waals surface area (Å²) in [6, 6.07) is 0. The third-order valence-electron chi connectivity index (χ3n) is 3.81. The first kappa shape index (κ1) is 12.2. The fraction of sp³-hybridized carbons (Fsp3) is 0.583. The lowest BCUT2D eigenvalue weighted by atomic mass is 9.80. The molecule has 0 aromatic carbocycles. The summed E-state index contributed by atoms with van der Waals surface area (Å²) < 4.78 is 0. The van der Waals surface area contributed by atoms with Crippen molar-refractivity contribution in [2.75, 3.05) is 0 Å². The Bertz CT molecular complexity index is 705. The van der Waals surface area contributed by atoms with Gasteiger partial charge in [0.1, 0.15) is 11.3 Å². The quantitative estimate of drug-likeness (QED) is 0.616. The summed E-state index contributed by atoms with van der Waals surface area (Å²) in [4.78, 5) is 34.7. The molecule has 2 aromatic heterocycles. The first-order valence-corrected chi connectivity index (χ1v) is 6.56. The molecule has 1 aliphatic carbocycles. The van der Waals surface area contributed by atoms with E-state index in [1.54, 1.807) is 0 Å². The second kappa shape index (κ2) is 4.34. The Hall–Kier alpha value is -1.89. The third kappa shape index (κ3) is 2.33. The predicted molar refractivity (Wildman–Crippen MR) is 71.0 cm³/mol. The number of aromatic nitrogens is 4. The maximum atomic E-state index is 11.6. The Kier molecular flexibility index (Phi) is 2.78. The van der Waals surface area contributed by atoms with Gasteiger partial charge in [-0.05, 0) is 12.8 Å². The molecule has 3 rings (SSSR count). The minimum Gasteiger partial charge on any atom is -0.336 e. The number of nitrogens with two attached hydrogens (primary N) is 1. The average Bonchev–Trinajstić information content (AvgIpc) is 2.71. The molecule has 102 valence electrons. The molecule has 0 aliphatic heterocycles. The van der Waals surface area contributed by atoms with Crippen LogP contribution in [0.3, 0.4) is 0 Å². The maximum absolute atomic E-state index is 11.6. The standard InChI is InChI=1S/C12H17N5O2/c13-12(4-2-1-3-5-12)6-7-14-8-9(15-7)16-11(19)17-10(8)18/h1-6,13H2,(H3,14,15,16,17,18,19). The Morgan fingerprint density at radius 3 is 2.58 bits per heavy atom. The van der Waals surface area contributed by atoms with Gasteiger partial charge in [-0.1, -0.05) is 19.3 Å². The van der Waals surface area contributed by atoms with E-state index in [1.165, 1.54) is 6.42 Å². The summed E-state index contributed by atoms with van der Waals surface area (Å²) in [5, 5.41) is 0. The van der Waals surface area contributed by atoms with Crippen LogP contribution in [-0.4, -0.2) is 25.5 Å². The molecule has 1 fully saturated rings. The van der Waals surface area contributed by atoms with E-state index in [-0.39, 0.29) is 5.54 Å². The molecule has 0 atom stereocenters. The van der Waals surface area contributed by atoms with Crippen LogP contribution < -0.4 is 17.0 Å². The second-order valence-corrected chi connectivity index (χ2v) is 5.42. The highest BCUT2D eigenvalue weighted by Gasteiger charge is 2.29. The molecular weight excluding hydrogens is 246 g/mol. The molecule has 2 aromatic rings. The molecule has 19 heavy (non-hydrogen) atoms. The van der Waals surface area contributed by atoms with Crippen molar-refractivity contribution in [1.82, 2.24) is 19.9 Å². The zero-order valence-electron chi connectivity index (χ0n) is 10.6. The fourth-order valence-corrected chi connectivity index (χ4v) is 2.83. The van der Waals surface area contributed by atoms with Gasteiger partial charge in [0, 0.05) is 12.0 Å². The minimum absolute atomic E-state index is 0.251. The Balaban J connectivity index is 1.95. The van der Waals surface area contributed by atoms with Crippen molar-refractivity contribution in [2.24, 2.45) is 5.73 Å². The molecule has 1 aliphatic rings. The van der Waals surface area contributed by atoms with Crippen LogP contribution in [0.25, 0.3) is 11.2 Å². The number of aromatic amines is 3. The topological polar surface area (TPSA) is 120 Å². The number of nitrogens with one attached hydrogen (secondary N) is 3. The average molecular weight is 263 g/mol. The molecule has 1 saturated carbocycles. The summed E-state index contributed by atoms with van der Waals surface area (Å²) in [5.41, 5.74) is 5.71. The lowest BCUT2D eigenvalue weighted by Gasteiger charge is -2.32. The molecule has 0 saturated heterocycles. The highest BCUT2D eigenvalue weighted by Crippen LogP contribution is 2.28. The molecule has 0 amide bonds. The molecule has 0 unspecified atom stereocenters. The summed E-state index contributed by atoms with van der Waals surface area (Å²) in [6.07, 6.45) is 6.03. The monoisotopic (exact) mass is 263 g/mol. The first-order valence-electron chi connectivity index (χ1n) is 6.56. The number of nitrogens with zero attached hydrogens (tertiary/aromatic N) is 1. The number of rotatable bonds is 2. The number of hydrogen-bond donors (Lipinski definition) is 4. The van der Waals surface area contributed by atoms with E-state index in [2.05, 4.69) is 19.9 Å². The van der Waals surface area contributed by atoms with Gasteiger partial charge in [-0.15, -0.1) is 0 Å². The van der Waals surface area contributed by atoms with E-state index in [0.717, 1.165) is 25.7 Å². The van der Waals surface area contributed by atoms with E-state index in [9.17, 15) is 9.59 Å². The number of fused-ring (bicyclic) bond motifs is 1. The second-order valence-electron chi connectivity index (χ2n) is 5.42. The van der Waals surface area contributed by atoms with E-state index in [0.29, 0.717) is 23.4 Å². The normalized spacial score (nSPS) is 18.8. The smallest absolute Gasteiger partial charge is 0.327 e. The Morgan fingerprint density at radius 2 is 1.84 bits per heavy atom. The van der Waals surface area contributed by atoms with Crippen LogP contribution in [0.1, 0.15) is 37.9 Å². The van der Waals surface area contributed by atoms with Crippen molar-refractivity contribution in [3.8, 4) is 0 Å². The molecule has 7 heteroatoms. The highest BCUT2D eigenvalue weighted by molar-refractivity contribution is 5.68. The van der Waals surface area contributed by atoms with Gasteiger partial charge in [0.15, 0.2) is 5.65 Å². The van der Waals surface area contributed by atoms with Crippen LogP contribution >= 0.6 is 0 Å². The van der Waals surface area contributed by atoms with Crippen molar-refractivity contribution in [3.05, 3.63) is 26.7 Å². The van der Waals surface area contributed by atoms with Crippen LogP contribution in [0.4, 0.5) is 0 Å². The lowest BCUT2D eigenvalue weighted by Crippen LogP contribution is -2.44. The zero-order valence-corrected chi connectivity index (χ0v) is 10.6. The molecule has 0 radical (unpaired) electrons. The number of hydrogen-bond acceptors (Lipinski definition) is 4. The van der Waals surface area contributed by atoms with Gasteiger partial charge in [-0.25, -0.2) is 9.78 Å². The van der Waals surface area contributed by atoms with Gasteiger partial charge in [0.2, 0.25) is 0 Å². The van der Waals surface area contributed by atoms with Gasteiger partial charge in [0.25, 0.3) is 5.56 Å². The maximum Gasteiger partial charge on any atom is 0.327 e. The Labute approximate surface area is 108 Å².